The summed E-state index contributed by atoms with van der Waals surface area (Å²) in [6.45, 7) is 2.09. The number of aromatic nitrogens is 4. The SMILES string of the molecule is C[C@H]1C[C@H]1C(=O)Nc1ccc(-n2cnnn2)cc1. The van der Waals surface area contributed by atoms with E-state index in [1.54, 1.807) is 4.68 Å². The summed E-state index contributed by atoms with van der Waals surface area (Å²) >= 11 is 0. The lowest BCUT2D eigenvalue weighted by Crippen LogP contribution is -2.14. The average molecular weight is 243 g/mol. The third kappa shape index (κ3) is 2.09. The van der Waals surface area contributed by atoms with E-state index in [4.69, 9.17) is 0 Å². The van der Waals surface area contributed by atoms with Crippen LogP contribution in [0.1, 0.15) is 13.3 Å². The predicted molar refractivity (Wildman–Crippen MR) is 65.1 cm³/mol. The van der Waals surface area contributed by atoms with Crippen LogP contribution in [0.3, 0.4) is 0 Å². The number of tetrazole rings is 1. The maximum atomic E-state index is 11.8. The van der Waals surface area contributed by atoms with Crippen molar-refractivity contribution in [3.63, 3.8) is 0 Å². The molecule has 1 fully saturated rings. The van der Waals surface area contributed by atoms with Crippen LogP contribution >= 0.6 is 0 Å². The van der Waals surface area contributed by atoms with Crippen molar-refractivity contribution in [1.82, 2.24) is 20.2 Å². The van der Waals surface area contributed by atoms with Gasteiger partial charge in [-0.15, -0.1) is 5.10 Å². The maximum Gasteiger partial charge on any atom is 0.227 e. The Morgan fingerprint density at radius 3 is 2.67 bits per heavy atom. The molecule has 1 amide bonds. The van der Waals surface area contributed by atoms with Gasteiger partial charge < -0.3 is 5.32 Å². The van der Waals surface area contributed by atoms with E-state index in [0.29, 0.717) is 5.92 Å². The first-order valence-corrected chi connectivity index (χ1v) is 5.88. The Kier molecular flexibility index (Phi) is 2.55. The van der Waals surface area contributed by atoms with Gasteiger partial charge in [0, 0.05) is 11.6 Å². The minimum absolute atomic E-state index is 0.109. The van der Waals surface area contributed by atoms with Crippen molar-refractivity contribution in [2.75, 3.05) is 5.32 Å². The van der Waals surface area contributed by atoms with Gasteiger partial charge in [0.1, 0.15) is 6.33 Å². The molecule has 1 aromatic heterocycles. The molecule has 1 N–H and O–H groups in total. The number of carbonyl (C=O) groups excluding carboxylic acids is 1. The molecule has 0 spiro atoms. The van der Waals surface area contributed by atoms with E-state index < -0.39 is 0 Å². The highest BCUT2D eigenvalue weighted by molar-refractivity contribution is 5.94. The first-order valence-electron chi connectivity index (χ1n) is 5.88. The molecular formula is C12H13N5O. The van der Waals surface area contributed by atoms with Gasteiger partial charge in [0.15, 0.2) is 0 Å². The number of nitrogens with zero attached hydrogens (tertiary/aromatic N) is 4. The molecule has 1 aliphatic rings. The second-order valence-corrected chi connectivity index (χ2v) is 4.61. The average Bonchev–Trinajstić information content (AvgIpc) is 2.91. The monoisotopic (exact) mass is 243 g/mol. The van der Waals surface area contributed by atoms with Crippen LogP contribution in [-0.2, 0) is 4.79 Å². The van der Waals surface area contributed by atoms with Crippen molar-refractivity contribution in [1.29, 1.82) is 0 Å². The van der Waals surface area contributed by atoms with Crippen molar-refractivity contribution >= 4 is 11.6 Å². The first kappa shape index (κ1) is 10.9. The zero-order valence-electron chi connectivity index (χ0n) is 9.95. The molecule has 18 heavy (non-hydrogen) atoms. The third-order valence-electron chi connectivity index (χ3n) is 3.19. The molecule has 0 saturated heterocycles. The molecule has 0 radical (unpaired) electrons. The van der Waals surface area contributed by atoms with Gasteiger partial charge in [-0.1, -0.05) is 6.92 Å². The van der Waals surface area contributed by atoms with Gasteiger partial charge in [-0.05, 0) is 47.0 Å². The summed E-state index contributed by atoms with van der Waals surface area (Å²) in [4.78, 5) is 11.8. The number of amides is 1. The van der Waals surface area contributed by atoms with Crippen LogP contribution in [0.25, 0.3) is 5.69 Å². The summed E-state index contributed by atoms with van der Waals surface area (Å²) in [6, 6.07) is 7.43. The highest BCUT2D eigenvalue weighted by atomic mass is 16.2. The summed E-state index contributed by atoms with van der Waals surface area (Å²) in [5, 5.41) is 13.8. The molecule has 92 valence electrons. The van der Waals surface area contributed by atoms with Crippen LogP contribution in [-0.4, -0.2) is 26.1 Å². The van der Waals surface area contributed by atoms with E-state index in [1.807, 2.05) is 24.3 Å². The Labute approximate surface area is 104 Å². The molecule has 2 aromatic rings. The van der Waals surface area contributed by atoms with Gasteiger partial charge in [0.05, 0.1) is 5.69 Å². The van der Waals surface area contributed by atoms with Gasteiger partial charge in [0.25, 0.3) is 0 Å². The van der Waals surface area contributed by atoms with Crippen molar-refractivity contribution in [3.05, 3.63) is 30.6 Å². The second-order valence-electron chi connectivity index (χ2n) is 4.61. The predicted octanol–water partition coefficient (Wildman–Crippen LogP) is 1.26. The minimum atomic E-state index is 0.109. The van der Waals surface area contributed by atoms with Crippen LogP contribution in [0.15, 0.2) is 30.6 Å². The summed E-state index contributed by atoms with van der Waals surface area (Å²) in [5.41, 5.74) is 1.66. The Morgan fingerprint density at radius 1 is 1.39 bits per heavy atom. The minimum Gasteiger partial charge on any atom is -0.326 e. The van der Waals surface area contributed by atoms with Crippen molar-refractivity contribution in [3.8, 4) is 5.69 Å². The van der Waals surface area contributed by atoms with Gasteiger partial charge >= 0.3 is 0 Å². The zero-order valence-corrected chi connectivity index (χ0v) is 9.95. The van der Waals surface area contributed by atoms with Crippen molar-refractivity contribution < 1.29 is 4.79 Å². The lowest BCUT2D eigenvalue weighted by Gasteiger charge is -2.05. The fraction of sp³-hybridized carbons (Fsp3) is 0.333. The number of nitrogens with one attached hydrogen (secondary N) is 1. The van der Waals surface area contributed by atoms with E-state index in [-0.39, 0.29) is 11.8 Å². The molecule has 1 heterocycles. The van der Waals surface area contributed by atoms with Crippen LogP contribution in [0, 0.1) is 11.8 Å². The molecule has 0 unspecified atom stereocenters. The van der Waals surface area contributed by atoms with Gasteiger partial charge in [0.2, 0.25) is 5.91 Å². The number of anilines is 1. The Bertz CT molecular complexity index is 548. The highest BCUT2D eigenvalue weighted by Gasteiger charge is 2.38. The molecule has 6 nitrogen and oxygen atoms in total. The van der Waals surface area contributed by atoms with Crippen molar-refractivity contribution in [2.45, 2.75) is 13.3 Å². The van der Waals surface area contributed by atoms with Crippen LogP contribution in [0.2, 0.25) is 0 Å². The Balaban J connectivity index is 1.69. The van der Waals surface area contributed by atoms with Gasteiger partial charge in [-0.25, -0.2) is 4.68 Å². The molecule has 3 rings (SSSR count). The summed E-state index contributed by atoms with van der Waals surface area (Å²) in [5.74, 6) is 0.812. The molecule has 0 bridgehead atoms. The summed E-state index contributed by atoms with van der Waals surface area (Å²) in [6.07, 6.45) is 2.52. The molecule has 6 heteroatoms. The maximum absolute atomic E-state index is 11.8. The topological polar surface area (TPSA) is 72.7 Å². The number of benzene rings is 1. The standard InChI is InChI=1S/C12H13N5O/c1-8-6-11(8)12(18)14-9-2-4-10(5-3-9)17-7-13-15-16-17/h2-5,7-8,11H,6H2,1H3,(H,14,18)/t8-,11+/m0/s1. The van der Waals surface area contributed by atoms with E-state index in [0.717, 1.165) is 17.8 Å². The van der Waals surface area contributed by atoms with E-state index in [9.17, 15) is 4.79 Å². The van der Waals surface area contributed by atoms with E-state index >= 15 is 0 Å². The van der Waals surface area contributed by atoms with Crippen molar-refractivity contribution in [2.24, 2.45) is 11.8 Å². The van der Waals surface area contributed by atoms with E-state index in [2.05, 4.69) is 27.8 Å². The number of rotatable bonds is 3. The normalized spacial score (nSPS) is 21.6. The van der Waals surface area contributed by atoms with Gasteiger partial charge in [-0.2, -0.15) is 0 Å². The van der Waals surface area contributed by atoms with Crippen LogP contribution in [0.5, 0.6) is 0 Å². The third-order valence-corrected chi connectivity index (χ3v) is 3.19. The van der Waals surface area contributed by atoms with Gasteiger partial charge in [-0.3, -0.25) is 4.79 Å². The Hall–Kier alpha value is -2.24. The lowest BCUT2D eigenvalue weighted by atomic mass is 10.2. The fourth-order valence-corrected chi connectivity index (χ4v) is 1.90. The fourth-order valence-electron chi connectivity index (χ4n) is 1.90. The highest BCUT2D eigenvalue weighted by Crippen LogP contribution is 2.38. The second kappa shape index (κ2) is 4.21. The summed E-state index contributed by atoms with van der Waals surface area (Å²) < 4.78 is 1.56. The molecule has 0 aliphatic heterocycles. The molecule has 1 saturated carbocycles. The molecule has 1 aromatic carbocycles. The zero-order chi connectivity index (χ0) is 12.5. The smallest absolute Gasteiger partial charge is 0.227 e. The number of hydrogen-bond acceptors (Lipinski definition) is 4. The Morgan fingerprint density at radius 2 is 2.11 bits per heavy atom. The summed E-state index contributed by atoms with van der Waals surface area (Å²) in [7, 11) is 0. The number of carbonyl (C=O) groups is 1. The quantitative estimate of drug-likeness (QED) is 0.880. The van der Waals surface area contributed by atoms with Crippen LogP contribution < -0.4 is 5.32 Å². The first-order chi connectivity index (χ1) is 8.74. The molecule has 2 atom stereocenters. The van der Waals surface area contributed by atoms with Crippen LogP contribution in [0.4, 0.5) is 5.69 Å². The van der Waals surface area contributed by atoms with E-state index in [1.165, 1.54) is 6.33 Å². The lowest BCUT2D eigenvalue weighted by molar-refractivity contribution is -0.117. The molecular weight excluding hydrogens is 230 g/mol. The number of hydrogen-bond donors (Lipinski definition) is 1. The molecule has 1 aliphatic carbocycles. The largest absolute Gasteiger partial charge is 0.326 e.